The summed E-state index contributed by atoms with van der Waals surface area (Å²) in [5, 5.41) is 0. The van der Waals surface area contributed by atoms with Crippen LogP contribution < -0.4 is 5.73 Å². The number of likely N-dealkylation sites (N-methyl/N-ethyl adjacent to an activating group) is 1. The highest BCUT2D eigenvalue weighted by Gasteiger charge is 2.09. The molecule has 2 aromatic carbocycles. The van der Waals surface area contributed by atoms with E-state index in [-0.39, 0.29) is 6.04 Å². The van der Waals surface area contributed by atoms with Crippen LogP contribution in [0.15, 0.2) is 54.6 Å². The molecule has 2 aromatic rings. The van der Waals surface area contributed by atoms with E-state index in [4.69, 9.17) is 5.73 Å². The highest BCUT2D eigenvalue weighted by atomic mass is 15.1. The number of benzene rings is 2. The molecular weight excluding hydrogens is 232 g/mol. The number of nitrogens with zero attached hydrogens (tertiary/aromatic N) is 1. The lowest BCUT2D eigenvalue weighted by atomic mass is 10.1. The summed E-state index contributed by atoms with van der Waals surface area (Å²) in [4.78, 5) is 2.26. The van der Waals surface area contributed by atoms with Crippen LogP contribution in [0.1, 0.15) is 22.7 Å². The number of aryl methyl sites for hydroxylation is 1. The van der Waals surface area contributed by atoms with Crippen LogP contribution in [0.2, 0.25) is 0 Å². The Bertz CT molecular complexity index is 490. The minimum Gasteiger partial charge on any atom is -0.323 e. The fourth-order valence-corrected chi connectivity index (χ4v) is 2.21. The molecule has 0 aromatic heterocycles. The summed E-state index contributed by atoms with van der Waals surface area (Å²) in [6.45, 7) is 3.88. The maximum Gasteiger partial charge on any atom is 0.0424 e. The van der Waals surface area contributed by atoms with Crippen LogP contribution in [0.4, 0.5) is 0 Å². The first kappa shape index (κ1) is 13.8. The first-order chi connectivity index (χ1) is 9.15. The van der Waals surface area contributed by atoms with Crippen molar-refractivity contribution in [3.63, 3.8) is 0 Å². The largest absolute Gasteiger partial charge is 0.323 e. The van der Waals surface area contributed by atoms with E-state index in [1.807, 2.05) is 6.07 Å². The van der Waals surface area contributed by atoms with Crippen molar-refractivity contribution in [1.29, 1.82) is 0 Å². The van der Waals surface area contributed by atoms with Gasteiger partial charge in [-0.15, -0.1) is 0 Å². The summed E-state index contributed by atoms with van der Waals surface area (Å²) in [5.74, 6) is 0. The molecule has 0 bridgehead atoms. The van der Waals surface area contributed by atoms with E-state index in [0.29, 0.717) is 0 Å². The second-order valence-corrected chi connectivity index (χ2v) is 5.20. The van der Waals surface area contributed by atoms with Crippen LogP contribution in [-0.2, 0) is 6.54 Å². The summed E-state index contributed by atoms with van der Waals surface area (Å²) in [6, 6.07) is 19.0. The summed E-state index contributed by atoms with van der Waals surface area (Å²) < 4.78 is 0. The van der Waals surface area contributed by atoms with E-state index < -0.39 is 0 Å². The van der Waals surface area contributed by atoms with E-state index >= 15 is 0 Å². The molecule has 0 saturated heterocycles. The highest BCUT2D eigenvalue weighted by molar-refractivity contribution is 5.24. The Morgan fingerprint density at radius 3 is 2.26 bits per heavy atom. The third-order valence-corrected chi connectivity index (χ3v) is 3.31. The van der Waals surface area contributed by atoms with Gasteiger partial charge in [-0.2, -0.15) is 0 Å². The van der Waals surface area contributed by atoms with Gasteiger partial charge in [0, 0.05) is 19.1 Å². The van der Waals surface area contributed by atoms with Gasteiger partial charge in [-0.25, -0.2) is 0 Å². The van der Waals surface area contributed by atoms with Crippen molar-refractivity contribution in [3.8, 4) is 0 Å². The Hall–Kier alpha value is -1.64. The highest BCUT2D eigenvalue weighted by Crippen LogP contribution is 2.13. The van der Waals surface area contributed by atoms with E-state index in [2.05, 4.69) is 67.4 Å². The first-order valence-corrected chi connectivity index (χ1v) is 6.70. The first-order valence-electron chi connectivity index (χ1n) is 6.70. The second kappa shape index (κ2) is 6.50. The molecule has 2 rings (SSSR count). The summed E-state index contributed by atoms with van der Waals surface area (Å²) in [7, 11) is 2.11. The van der Waals surface area contributed by atoms with Crippen molar-refractivity contribution < 1.29 is 0 Å². The molecular formula is C17H22N2. The number of hydrogen-bond donors (Lipinski definition) is 1. The molecule has 2 heteroatoms. The third kappa shape index (κ3) is 4.19. The Kier molecular flexibility index (Phi) is 4.72. The molecule has 1 unspecified atom stereocenters. The zero-order chi connectivity index (χ0) is 13.7. The third-order valence-electron chi connectivity index (χ3n) is 3.31. The predicted octanol–water partition coefficient (Wildman–Crippen LogP) is 3.13. The van der Waals surface area contributed by atoms with Crippen LogP contribution in [0.3, 0.4) is 0 Å². The van der Waals surface area contributed by atoms with Crippen molar-refractivity contribution in [2.75, 3.05) is 13.6 Å². The van der Waals surface area contributed by atoms with Gasteiger partial charge in [-0.3, -0.25) is 0 Å². The molecule has 1 atom stereocenters. The molecule has 0 spiro atoms. The number of hydrogen-bond acceptors (Lipinski definition) is 2. The Labute approximate surface area is 115 Å². The lowest BCUT2D eigenvalue weighted by Crippen LogP contribution is -2.28. The van der Waals surface area contributed by atoms with Gasteiger partial charge in [0.15, 0.2) is 0 Å². The number of nitrogens with two attached hydrogens (primary N) is 1. The van der Waals surface area contributed by atoms with Gasteiger partial charge in [0.05, 0.1) is 0 Å². The van der Waals surface area contributed by atoms with Gasteiger partial charge in [0.2, 0.25) is 0 Å². The fourth-order valence-electron chi connectivity index (χ4n) is 2.21. The van der Waals surface area contributed by atoms with E-state index in [1.54, 1.807) is 0 Å². The normalized spacial score (nSPS) is 12.6. The average Bonchev–Trinajstić information content (AvgIpc) is 2.40. The maximum absolute atomic E-state index is 6.26. The quantitative estimate of drug-likeness (QED) is 0.888. The topological polar surface area (TPSA) is 29.3 Å². The average molecular weight is 254 g/mol. The maximum atomic E-state index is 6.26. The minimum atomic E-state index is 0.0642. The molecule has 0 fully saturated rings. The van der Waals surface area contributed by atoms with E-state index in [9.17, 15) is 0 Å². The number of rotatable bonds is 5. The molecule has 0 aliphatic heterocycles. The van der Waals surface area contributed by atoms with Gasteiger partial charge in [-0.05, 0) is 25.1 Å². The fraction of sp³-hybridized carbons (Fsp3) is 0.294. The van der Waals surface area contributed by atoms with Crippen molar-refractivity contribution in [3.05, 3.63) is 71.3 Å². The SMILES string of the molecule is Cc1ccc(C(N)CN(C)Cc2ccccc2)cc1. The van der Waals surface area contributed by atoms with Crippen LogP contribution >= 0.6 is 0 Å². The zero-order valence-corrected chi connectivity index (χ0v) is 11.7. The minimum absolute atomic E-state index is 0.0642. The molecule has 0 amide bonds. The standard InChI is InChI=1S/C17H22N2/c1-14-8-10-16(11-9-14)17(18)13-19(2)12-15-6-4-3-5-7-15/h3-11,17H,12-13,18H2,1-2H3. The summed E-state index contributed by atoms with van der Waals surface area (Å²) >= 11 is 0. The molecule has 0 radical (unpaired) electrons. The monoisotopic (exact) mass is 254 g/mol. The van der Waals surface area contributed by atoms with Crippen LogP contribution in [0.5, 0.6) is 0 Å². The molecule has 0 aliphatic carbocycles. The van der Waals surface area contributed by atoms with Gasteiger partial charge < -0.3 is 10.6 Å². The van der Waals surface area contributed by atoms with Crippen LogP contribution in [0, 0.1) is 6.92 Å². The van der Waals surface area contributed by atoms with E-state index in [0.717, 1.165) is 13.1 Å². The van der Waals surface area contributed by atoms with E-state index in [1.165, 1.54) is 16.7 Å². The van der Waals surface area contributed by atoms with Gasteiger partial charge >= 0.3 is 0 Å². The molecule has 0 saturated carbocycles. The smallest absolute Gasteiger partial charge is 0.0424 e. The lowest BCUT2D eigenvalue weighted by Gasteiger charge is -2.21. The summed E-state index contributed by atoms with van der Waals surface area (Å²) in [6.07, 6.45) is 0. The van der Waals surface area contributed by atoms with Gasteiger partial charge in [-0.1, -0.05) is 60.2 Å². The van der Waals surface area contributed by atoms with Gasteiger partial charge in [0.1, 0.15) is 0 Å². The van der Waals surface area contributed by atoms with Crippen molar-refractivity contribution in [2.24, 2.45) is 5.73 Å². The van der Waals surface area contributed by atoms with Crippen LogP contribution in [0.25, 0.3) is 0 Å². The predicted molar refractivity (Wildman–Crippen MR) is 80.9 cm³/mol. The summed E-state index contributed by atoms with van der Waals surface area (Å²) in [5.41, 5.74) is 10.0. The Morgan fingerprint density at radius 2 is 1.63 bits per heavy atom. The molecule has 0 heterocycles. The van der Waals surface area contributed by atoms with Gasteiger partial charge in [0.25, 0.3) is 0 Å². The molecule has 2 nitrogen and oxygen atoms in total. The lowest BCUT2D eigenvalue weighted by molar-refractivity contribution is 0.305. The Morgan fingerprint density at radius 1 is 1.00 bits per heavy atom. The van der Waals surface area contributed by atoms with Crippen LogP contribution in [-0.4, -0.2) is 18.5 Å². The Balaban J connectivity index is 1.91. The zero-order valence-electron chi connectivity index (χ0n) is 11.7. The van der Waals surface area contributed by atoms with Crippen molar-refractivity contribution in [2.45, 2.75) is 19.5 Å². The molecule has 2 N–H and O–H groups in total. The molecule has 0 aliphatic rings. The second-order valence-electron chi connectivity index (χ2n) is 5.20. The molecule has 100 valence electrons. The van der Waals surface area contributed by atoms with Crippen molar-refractivity contribution >= 4 is 0 Å². The molecule has 19 heavy (non-hydrogen) atoms. The van der Waals surface area contributed by atoms with Crippen molar-refractivity contribution in [1.82, 2.24) is 4.90 Å².